The smallest absolute Gasteiger partial charge is 0.338 e. The SMILES string of the molecule is CCOC(=O)c1ccc(-c2cc(C(C)=O)c3cc4c(cc3c2)C(C)(C)CCC4(C)C)cc1. The predicted octanol–water partition coefficient (Wildman–Crippen LogP) is 7.24. The second-order valence-electron chi connectivity index (χ2n) is 10.3. The minimum atomic E-state index is -0.321. The number of hydrogen-bond acceptors (Lipinski definition) is 3. The summed E-state index contributed by atoms with van der Waals surface area (Å²) in [7, 11) is 0. The minimum Gasteiger partial charge on any atom is -0.462 e. The second kappa shape index (κ2) is 7.88. The van der Waals surface area contributed by atoms with E-state index < -0.39 is 0 Å². The number of fused-ring (bicyclic) bond motifs is 2. The van der Waals surface area contributed by atoms with E-state index in [1.165, 1.54) is 11.1 Å². The van der Waals surface area contributed by atoms with Crippen molar-refractivity contribution < 1.29 is 14.3 Å². The molecule has 3 aromatic carbocycles. The fourth-order valence-electron chi connectivity index (χ4n) is 4.90. The summed E-state index contributed by atoms with van der Waals surface area (Å²) in [5, 5.41) is 2.11. The van der Waals surface area contributed by atoms with E-state index >= 15 is 0 Å². The van der Waals surface area contributed by atoms with Gasteiger partial charge in [-0.3, -0.25) is 4.79 Å². The Morgan fingerprint density at radius 2 is 1.44 bits per heavy atom. The lowest BCUT2D eigenvalue weighted by atomic mass is 9.62. The van der Waals surface area contributed by atoms with Gasteiger partial charge in [-0.25, -0.2) is 4.79 Å². The fraction of sp³-hybridized carbons (Fsp3) is 0.379. The summed E-state index contributed by atoms with van der Waals surface area (Å²) in [4.78, 5) is 24.6. The molecule has 4 rings (SSSR count). The van der Waals surface area contributed by atoms with Gasteiger partial charge >= 0.3 is 5.97 Å². The van der Waals surface area contributed by atoms with E-state index in [1.54, 1.807) is 26.0 Å². The number of esters is 1. The van der Waals surface area contributed by atoms with E-state index in [9.17, 15) is 9.59 Å². The third-order valence-electron chi connectivity index (χ3n) is 7.03. The van der Waals surface area contributed by atoms with E-state index in [0.29, 0.717) is 12.2 Å². The van der Waals surface area contributed by atoms with E-state index in [1.807, 2.05) is 18.2 Å². The van der Waals surface area contributed by atoms with Gasteiger partial charge < -0.3 is 4.74 Å². The van der Waals surface area contributed by atoms with Crippen LogP contribution in [-0.4, -0.2) is 18.4 Å². The van der Waals surface area contributed by atoms with Crippen LogP contribution in [0.4, 0.5) is 0 Å². The van der Waals surface area contributed by atoms with Gasteiger partial charge in [0.1, 0.15) is 0 Å². The first-order valence-electron chi connectivity index (χ1n) is 11.4. The molecule has 32 heavy (non-hydrogen) atoms. The number of Topliss-reactive ketones (excluding diaryl/α,β-unsaturated/α-hetero) is 1. The topological polar surface area (TPSA) is 43.4 Å². The summed E-state index contributed by atoms with van der Waals surface area (Å²) in [5.74, 6) is -0.258. The third kappa shape index (κ3) is 3.85. The number of rotatable bonds is 4. The molecule has 3 nitrogen and oxygen atoms in total. The highest BCUT2D eigenvalue weighted by Crippen LogP contribution is 2.47. The van der Waals surface area contributed by atoms with Crippen LogP contribution in [0, 0.1) is 0 Å². The van der Waals surface area contributed by atoms with Crippen LogP contribution < -0.4 is 0 Å². The number of benzene rings is 3. The number of ketones is 1. The molecule has 0 radical (unpaired) electrons. The Labute approximate surface area is 190 Å². The summed E-state index contributed by atoms with van der Waals surface area (Å²) < 4.78 is 5.09. The Bertz CT molecular complexity index is 1210. The van der Waals surface area contributed by atoms with Crippen molar-refractivity contribution in [2.45, 2.75) is 65.2 Å². The van der Waals surface area contributed by atoms with E-state index in [4.69, 9.17) is 4.74 Å². The van der Waals surface area contributed by atoms with Gasteiger partial charge in [-0.05, 0) is 101 Å². The Morgan fingerprint density at radius 1 is 0.844 bits per heavy atom. The molecule has 3 aromatic rings. The van der Waals surface area contributed by atoms with Gasteiger partial charge in [0.2, 0.25) is 0 Å². The summed E-state index contributed by atoms with van der Waals surface area (Å²) in [5.41, 5.74) is 6.16. The maximum atomic E-state index is 12.7. The Hall–Kier alpha value is -2.94. The molecular weight excluding hydrogens is 396 g/mol. The lowest BCUT2D eigenvalue weighted by Crippen LogP contribution is -2.33. The molecule has 1 aliphatic carbocycles. The van der Waals surface area contributed by atoms with Crippen molar-refractivity contribution in [3.63, 3.8) is 0 Å². The van der Waals surface area contributed by atoms with Crippen LogP contribution in [0.25, 0.3) is 21.9 Å². The maximum absolute atomic E-state index is 12.7. The highest BCUT2D eigenvalue weighted by molar-refractivity contribution is 6.09. The number of ether oxygens (including phenoxy) is 1. The van der Waals surface area contributed by atoms with Gasteiger partial charge in [-0.15, -0.1) is 0 Å². The van der Waals surface area contributed by atoms with Crippen molar-refractivity contribution >= 4 is 22.5 Å². The molecule has 0 saturated carbocycles. The van der Waals surface area contributed by atoms with Gasteiger partial charge in [0.25, 0.3) is 0 Å². The molecule has 0 saturated heterocycles. The first-order chi connectivity index (χ1) is 15.0. The molecule has 0 bridgehead atoms. The van der Waals surface area contributed by atoms with E-state index in [0.717, 1.165) is 40.3 Å². The van der Waals surface area contributed by atoms with E-state index in [2.05, 4.69) is 45.9 Å². The zero-order chi connectivity index (χ0) is 23.3. The molecular formula is C29H32O3. The fourth-order valence-corrected chi connectivity index (χ4v) is 4.90. The van der Waals surface area contributed by atoms with Gasteiger partial charge in [0.05, 0.1) is 12.2 Å². The zero-order valence-corrected chi connectivity index (χ0v) is 20.0. The summed E-state index contributed by atoms with van der Waals surface area (Å²) >= 11 is 0. The molecule has 0 spiro atoms. The molecule has 0 atom stereocenters. The van der Waals surface area contributed by atoms with Crippen molar-refractivity contribution in [2.75, 3.05) is 6.61 Å². The maximum Gasteiger partial charge on any atom is 0.338 e. The molecule has 3 heteroatoms. The zero-order valence-electron chi connectivity index (χ0n) is 20.0. The first kappa shape index (κ1) is 22.3. The Balaban J connectivity index is 1.90. The van der Waals surface area contributed by atoms with Crippen LogP contribution in [0.5, 0.6) is 0 Å². The quantitative estimate of drug-likeness (QED) is 0.325. The van der Waals surface area contributed by atoms with Gasteiger partial charge in [0, 0.05) is 5.56 Å². The molecule has 0 aromatic heterocycles. The number of carbonyl (C=O) groups excluding carboxylic acids is 2. The van der Waals surface area contributed by atoms with Crippen LogP contribution in [0.3, 0.4) is 0 Å². The third-order valence-corrected chi connectivity index (χ3v) is 7.03. The monoisotopic (exact) mass is 428 g/mol. The summed E-state index contributed by atoms with van der Waals surface area (Å²) in [6.07, 6.45) is 2.28. The lowest BCUT2D eigenvalue weighted by molar-refractivity contribution is 0.0526. The van der Waals surface area contributed by atoms with Crippen molar-refractivity contribution in [1.82, 2.24) is 0 Å². The van der Waals surface area contributed by atoms with Crippen LogP contribution in [0.1, 0.15) is 86.2 Å². The van der Waals surface area contributed by atoms with Crippen LogP contribution in [0.2, 0.25) is 0 Å². The van der Waals surface area contributed by atoms with Crippen molar-refractivity contribution in [1.29, 1.82) is 0 Å². The summed E-state index contributed by atoms with van der Waals surface area (Å²) in [6, 6.07) is 16.1. The van der Waals surface area contributed by atoms with Crippen LogP contribution in [0.15, 0.2) is 48.5 Å². The second-order valence-corrected chi connectivity index (χ2v) is 10.3. The predicted molar refractivity (Wildman–Crippen MR) is 131 cm³/mol. The number of hydrogen-bond donors (Lipinski definition) is 0. The standard InChI is InChI=1S/C29H32O3/c1-7-32-27(31)20-10-8-19(9-11-20)21-14-22-16-25-26(17-24(22)23(15-21)18(2)30)29(5,6)13-12-28(25,3)4/h8-11,14-17H,7,12-13H2,1-6H3. The largest absolute Gasteiger partial charge is 0.462 e. The lowest BCUT2D eigenvalue weighted by Gasteiger charge is -2.42. The van der Waals surface area contributed by atoms with Gasteiger partial charge in [-0.2, -0.15) is 0 Å². The molecule has 0 amide bonds. The molecule has 0 fully saturated rings. The Kier molecular flexibility index (Phi) is 5.48. The van der Waals surface area contributed by atoms with Crippen LogP contribution >= 0.6 is 0 Å². The average Bonchev–Trinajstić information content (AvgIpc) is 2.75. The molecule has 0 aliphatic heterocycles. The highest BCUT2D eigenvalue weighted by atomic mass is 16.5. The summed E-state index contributed by atoms with van der Waals surface area (Å²) in [6.45, 7) is 13.0. The van der Waals surface area contributed by atoms with Crippen molar-refractivity contribution in [3.05, 3.63) is 70.8 Å². The van der Waals surface area contributed by atoms with Gasteiger partial charge in [0.15, 0.2) is 5.78 Å². The molecule has 0 unspecified atom stereocenters. The normalized spacial score (nSPS) is 16.4. The molecule has 0 N–H and O–H groups in total. The van der Waals surface area contributed by atoms with Crippen molar-refractivity contribution in [2.24, 2.45) is 0 Å². The van der Waals surface area contributed by atoms with Crippen LogP contribution in [-0.2, 0) is 15.6 Å². The van der Waals surface area contributed by atoms with Crippen molar-refractivity contribution in [3.8, 4) is 11.1 Å². The number of carbonyl (C=O) groups is 2. The molecule has 1 aliphatic rings. The first-order valence-corrected chi connectivity index (χ1v) is 11.4. The minimum absolute atomic E-state index is 0.0628. The molecule has 166 valence electrons. The molecule has 0 heterocycles. The Morgan fingerprint density at radius 3 is 2.00 bits per heavy atom. The average molecular weight is 429 g/mol. The van der Waals surface area contributed by atoms with E-state index in [-0.39, 0.29) is 22.6 Å². The van der Waals surface area contributed by atoms with Gasteiger partial charge in [-0.1, -0.05) is 45.9 Å². The highest BCUT2D eigenvalue weighted by Gasteiger charge is 2.37.